The van der Waals surface area contributed by atoms with E-state index in [9.17, 15) is 4.79 Å². The van der Waals surface area contributed by atoms with Crippen LogP contribution in [0.5, 0.6) is 0 Å². The Balaban J connectivity index is 2.26. The first-order valence-corrected chi connectivity index (χ1v) is 7.08. The number of nitrogens with one attached hydrogen (secondary N) is 1. The number of thiazole rings is 1. The number of nitrogens with zero attached hydrogens (tertiary/aromatic N) is 1. The number of hydrogen-bond donors (Lipinski definition) is 1. The van der Waals surface area contributed by atoms with Crippen molar-refractivity contribution in [1.29, 1.82) is 0 Å². The summed E-state index contributed by atoms with van der Waals surface area (Å²) in [5, 5.41) is 4.67. The minimum absolute atomic E-state index is 0.239. The topological polar surface area (TPSA) is 51.2 Å². The number of carbonyl (C=O) groups excluding carboxylic acids is 1. The molecule has 4 nitrogen and oxygen atoms in total. The van der Waals surface area contributed by atoms with Crippen LogP contribution in [-0.2, 0) is 4.74 Å². The van der Waals surface area contributed by atoms with Crippen molar-refractivity contribution in [3.05, 3.63) is 39.4 Å². The zero-order valence-corrected chi connectivity index (χ0v) is 12.3. The molecule has 0 aliphatic carbocycles. The third-order valence-electron chi connectivity index (χ3n) is 2.21. The van der Waals surface area contributed by atoms with Gasteiger partial charge in [0.2, 0.25) is 0 Å². The van der Waals surface area contributed by atoms with Crippen LogP contribution < -0.4 is 5.32 Å². The van der Waals surface area contributed by atoms with Crippen LogP contribution in [0.15, 0.2) is 23.7 Å². The van der Waals surface area contributed by atoms with E-state index in [2.05, 4.69) is 10.3 Å². The highest BCUT2D eigenvalue weighted by Crippen LogP contribution is 2.31. The molecule has 1 aromatic carbocycles. The minimum Gasteiger partial charge on any atom is -0.461 e. The van der Waals surface area contributed by atoms with Crippen molar-refractivity contribution < 1.29 is 9.53 Å². The summed E-state index contributed by atoms with van der Waals surface area (Å²) in [6.07, 6.45) is 0. The molecule has 0 saturated carbocycles. The zero-order valence-electron chi connectivity index (χ0n) is 9.94. The third kappa shape index (κ3) is 3.37. The highest BCUT2D eigenvalue weighted by atomic mass is 35.5. The van der Waals surface area contributed by atoms with Crippen LogP contribution in [0.2, 0.25) is 10.0 Å². The van der Waals surface area contributed by atoms with Gasteiger partial charge in [0.05, 0.1) is 22.8 Å². The Morgan fingerprint density at radius 2 is 2.26 bits per heavy atom. The Bertz CT molecular complexity index is 601. The largest absolute Gasteiger partial charge is 0.461 e. The van der Waals surface area contributed by atoms with Crippen LogP contribution in [0.3, 0.4) is 0 Å². The van der Waals surface area contributed by atoms with Crippen LogP contribution >= 0.6 is 34.5 Å². The van der Waals surface area contributed by atoms with Crippen molar-refractivity contribution >= 4 is 51.2 Å². The smallest absolute Gasteiger partial charge is 0.360 e. The fourth-order valence-corrected chi connectivity index (χ4v) is 2.41. The first-order chi connectivity index (χ1) is 9.11. The molecule has 0 atom stereocenters. The monoisotopic (exact) mass is 316 g/mol. The lowest BCUT2D eigenvalue weighted by Gasteiger charge is -2.08. The van der Waals surface area contributed by atoms with E-state index in [1.807, 2.05) is 0 Å². The molecule has 0 aliphatic rings. The van der Waals surface area contributed by atoms with E-state index in [1.54, 1.807) is 30.6 Å². The number of benzene rings is 1. The quantitative estimate of drug-likeness (QED) is 0.851. The first kappa shape index (κ1) is 14.1. The molecule has 7 heteroatoms. The second-order valence-electron chi connectivity index (χ2n) is 3.50. The van der Waals surface area contributed by atoms with Gasteiger partial charge in [-0.1, -0.05) is 23.2 Å². The highest BCUT2D eigenvalue weighted by Gasteiger charge is 2.17. The predicted molar refractivity (Wildman–Crippen MR) is 77.8 cm³/mol. The fourth-order valence-electron chi connectivity index (χ4n) is 1.40. The number of aromatic nitrogens is 1. The van der Waals surface area contributed by atoms with Crippen molar-refractivity contribution in [2.75, 3.05) is 11.9 Å². The standard InChI is InChI=1S/C12H10Cl2N2O2S/c1-2-18-12(17)10-11(19-6-15-10)16-9-5-7(13)3-4-8(9)14/h3-6,16H,2H2,1H3. The van der Waals surface area contributed by atoms with E-state index < -0.39 is 5.97 Å². The average molecular weight is 317 g/mol. The average Bonchev–Trinajstić information content (AvgIpc) is 2.82. The number of halogens is 2. The lowest BCUT2D eigenvalue weighted by atomic mass is 10.3. The molecule has 0 spiro atoms. The van der Waals surface area contributed by atoms with Crippen LogP contribution in [0, 0.1) is 0 Å². The summed E-state index contributed by atoms with van der Waals surface area (Å²) in [5.74, 6) is -0.468. The summed E-state index contributed by atoms with van der Waals surface area (Å²) in [5.41, 5.74) is 2.42. The summed E-state index contributed by atoms with van der Waals surface area (Å²) in [6.45, 7) is 2.04. The normalized spacial score (nSPS) is 10.3. The molecule has 0 saturated heterocycles. The van der Waals surface area contributed by atoms with E-state index in [4.69, 9.17) is 27.9 Å². The molecule has 100 valence electrons. The molecule has 1 N–H and O–H groups in total. The van der Waals surface area contributed by atoms with E-state index in [-0.39, 0.29) is 5.69 Å². The maximum atomic E-state index is 11.7. The van der Waals surface area contributed by atoms with Gasteiger partial charge in [-0.25, -0.2) is 9.78 Å². The van der Waals surface area contributed by atoms with E-state index in [0.29, 0.717) is 27.3 Å². The Morgan fingerprint density at radius 3 is 3.00 bits per heavy atom. The SMILES string of the molecule is CCOC(=O)c1ncsc1Nc1cc(Cl)ccc1Cl. The van der Waals surface area contributed by atoms with Gasteiger partial charge in [-0.2, -0.15) is 0 Å². The van der Waals surface area contributed by atoms with Gasteiger partial charge in [0.1, 0.15) is 5.00 Å². The summed E-state index contributed by atoms with van der Waals surface area (Å²) in [4.78, 5) is 15.7. The molecule has 0 radical (unpaired) electrons. The van der Waals surface area contributed by atoms with Crippen LogP contribution in [0.1, 0.15) is 17.4 Å². The summed E-state index contributed by atoms with van der Waals surface area (Å²) >= 11 is 13.2. The van der Waals surface area contributed by atoms with Crippen LogP contribution in [0.4, 0.5) is 10.7 Å². The number of carbonyl (C=O) groups is 1. The third-order valence-corrected chi connectivity index (χ3v) is 3.52. The summed E-state index contributed by atoms with van der Waals surface area (Å²) in [6, 6.07) is 5.05. The van der Waals surface area contributed by atoms with Gasteiger partial charge in [0.15, 0.2) is 5.69 Å². The van der Waals surface area contributed by atoms with Crippen molar-refractivity contribution in [2.45, 2.75) is 6.92 Å². The highest BCUT2D eigenvalue weighted by molar-refractivity contribution is 7.14. The first-order valence-electron chi connectivity index (χ1n) is 5.44. The number of esters is 1. The Labute approximate surface area is 124 Å². The minimum atomic E-state index is -0.468. The van der Waals surface area contributed by atoms with Crippen LogP contribution in [-0.4, -0.2) is 17.6 Å². The van der Waals surface area contributed by atoms with Gasteiger partial charge in [-0.05, 0) is 25.1 Å². The molecule has 0 aliphatic heterocycles. The van der Waals surface area contributed by atoms with Gasteiger partial charge in [-0.3, -0.25) is 0 Å². The molecule has 2 rings (SSSR count). The van der Waals surface area contributed by atoms with E-state index in [0.717, 1.165) is 0 Å². The predicted octanol–water partition coefficient (Wildman–Crippen LogP) is 4.37. The number of rotatable bonds is 4. The molecule has 0 bridgehead atoms. The Hall–Kier alpha value is -1.30. The van der Waals surface area contributed by atoms with Crippen LogP contribution in [0.25, 0.3) is 0 Å². The Morgan fingerprint density at radius 1 is 1.47 bits per heavy atom. The fraction of sp³-hybridized carbons (Fsp3) is 0.167. The molecular weight excluding hydrogens is 307 g/mol. The van der Waals surface area contributed by atoms with Crippen molar-refractivity contribution in [3.63, 3.8) is 0 Å². The molecule has 0 fully saturated rings. The summed E-state index contributed by atoms with van der Waals surface area (Å²) in [7, 11) is 0. The molecule has 2 aromatic rings. The maximum absolute atomic E-state index is 11.7. The maximum Gasteiger partial charge on any atom is 0.360 e. The van der Waals surface area contributed by atoms with Gasteiger partial charge in [-0.15, -0.1) is 11.3 Å². The number of ether oxygens (including phenoxy) is 1. The van der Waals surface area contributed by atoms with E-state index >= 15 is 0 Å². The zero-order chi connectivity index (χ0) is 13.8. The van der Waals surface area contributed by atoms with Crippen molar-refractivity contribution in [2.24, 2.45) is 0 Å². The Kier molecular flexibility index (Phi) is 4.63. The second-order valence-corrected chi connectivity index (χ2v) is 5.20. The molecule has 0 unspecified atom stereocenters. The van der Waals surface area contributed by atoms with Crippen molar-refractivity contribution in [3.8, 4) is 0 Å². The number of anilines is 2. The van der Waals surface area contributed by atoms with E-state index in [1.165, 1.54) is 11.3 Å². The molecule has 1 aromatic heterocycles. The number of hydrogen-bond acceptors (Lipinski definition) is 5. The molecular formula is C12H10Cl2N2O2S. The van der Waals surface area contributed by atoms with Gasteiger partial charge >= 0.3 is 5.97 Å². The van der Waals surface area contributed by atoms with Gasteiger partial charge in [0, 0.05) is 5.02 Å². The molecule has 1 heterocycles. The van der Waals surface area contributed by atoms with Gasteiger partial charge in [0.25, 0.3) is 0 Å². The lowest BCUT2D eigenvalue weighted by Crippen LogP contribution is -2.07. The molecule has 0 amide bonds. The lowest BCUT2D eigenvalue weighted by molar-refractivity contribution is 0.0521. The second kappa shape index (κ2) is 6.23. The molecule has 19 heavy (non-hydrogen) atoms. The van der Waals surface area contributed by atoms with Gasteiger partial charge < -0.3 is 10.1 Å². The van der Waals surface area contributed by atoms with Crippen molar-refractivity contribution in [1.82, 2.24) is 4.98 Å². The summed E-state index contributed by atoms with van der Waals surface area (Å²) < 4.78 is 4.92.